The second-order valence-corrected chi connectivity index (χ2v) is 11.6. The van der Waals surface area contributed by atoms with Crippen molar-refractivity contribution in [3.8, 4) is 0 Å². The SMILES string of the molecule is Cc1ccc(S(=O)(=O)N(c2ccccc2)c2n[nH]c3c2C=CC(c2cccc(F)c2)(c2cccc(F)c2)C3)cc1. The third kappa shape index (κ3) is 4.40. The number of aryl methyl sites for hydroxylation is 1. The van der Waals surface area contributed by atoms with Crippen molar-refractivity contribution in [1.29, 1.82) is 0 Å². The number of nitrogens with zero attached hydrogens (tertiary/aromatic N) is 2. The summed E-state index contributed by atoms with van der Waals surface area (Å²) in [5.74, 6) is -0.598. The number of halogens is 2. The fraction of sp³-hybridized carbons (Fsp3) is 0.0938. The Morgan fingerprint density at radius 2 is 1.45 bits per heavy atom. The van der Waals surface area contributed by atoms with Crippen LogP contribution < -0.4 is 4.31 Å². The molecule has 5 nitrogen and oxygen atoms in total. The van der Waals surface area contributed by atoms with Crippen LogP contribution in [0.3, 0.4) is 0 Å². The Bertz CT molecular complexity index is 1790. The molecular weight excluding hydrogens is 528 g/mol. The molecule has 0 saturated carbocycles. The molecule has 200 valence electrons. The van der Waals surface area contributed by atoms with E-state index in [1.807, 2.05) is 19.1 Å². The van der Waals surface area contributed by atoms with E-state index in [2.05, 4.69) is 10.2 Å². The lowest BCUT2D eigenvalue weighted by molar-refractivity contribution is 0.582. The van der Waals surface area contributed by atoms with E-state index in [-0.39, 0.29) is 17.1 Å². The first-order valence-corrected chi connectivity index (χ1v) is 14.2. The maximum Gasteiger partial charge on any atom is 0.269 e. The minimum Gasteiger partial charge on any atom is -0.280 e. The molecule has 0 amide bonds. The van der Waals surface area contributed by atoms with Crippen molar-refractivity contribution in [3.63, 3.8) is 0 Å². The molecule has 0 bridgehead atoms. The van der Waals surface area contributed by atoms with Crippen LogP contribution in [-0.4, -0.2) is 18.6 Å². The minimum absolute atomic E-state index is 0.132. The lowest BCUT2D eigenvalue weighted by Crippen LogP contribution is -2.31. The van der Waals surface area contributed by atoms with Crippen LogP contribution in [0, 0.1) is 18.6 Å². The van der Waals surface area contributed by atoms with Gasteiger partial charge in [-0.2, -0.15) is 5.10 Å². The number of hydrogen-bond donors (Lipinski definition) is 1. The van der Waals surface area contributed by atoms with Crippen molar-refractivity contribution in [1.82, 2.24) is 10.2 Å². The summed E-state index contributed by atoms with van der Waals surface area (Å²) in [5, 5.41) is 7.53. The maximum atomic E-state index is 14.4. The lowest BCUT2D eigenvalue weighted by Gasteiger charge is -2.35. The highest BCUT2D eigenvalue weighted by molar-refractivity contribution is 7.93. The molecule has 40 heavy (non-hydrogen) atoms. The molecule has 8 heteroatoms. The predicted octanol–water partition coefficient (Wildman–Crippen LogP) is 7.08. The van der Waals surface area contributed by atoms with Crippen molar-refractivity contribution >= 4 is 27.6 Å². The van der Waals surface area contributed by atoms with Gasteiger partial charge in [0.1, 0.15) is 11.6 Å². The third-order valence-corrected chi connectivity index (χ3v) is 9.01. The summed E-state index contributed by atoms with van der Waals surface area (Å²) in [6.45, 7) is 1.89. The summed E-state index contributed by atoms with van der Waals surface area (Å²) in [7, 11) is -4.05. The molecule has 0 atom stereocenters. The monoisotopic (exact) mass is 553 g/mol. The zero-order valence-electron chi connectivity index (χ0n) is 21.6. The second-order valence-electron chi connectivity index (χ2n) is 9.86. The van der Waals surface area contributed by atoms with Crippen LogP contribution >= 0.6 is 0 Å². The molecule has 0 unspecified atom stereocenters. The Balaban J connectivity index is 1.52. The average Bonchev–Trinajstić information content (AvgIpc) is 3.36. The van der Waals surface area contributed by atoms with Gasteiger partial charge in [0.05, 0.1) is 10.6 Å². The smallest absolute Gasteiger partial charge is 0.269 e. The molecular formula is C32H25F2N3O2S. The molecule has 1 aromatic heterocycles. The summed E-state index contributed by atoms with van der Waals surface area (Å²) < 4.78 is 58.1. The summed E-state index contributed by atoms with van der Waals surface area (Å²) in [5.41, 5.74) is 2.98. The van der Waals surface area contributed by atoms with Gasteiger partial charge in [-0.05, 0) is 66.6 Å². The van der Waals surface area contributed by atoms with Gasteiger partial charge in [-0.3, -0.25) is 5.10 Å². The Morgan fingerprint density at radius 3 is 2.05 bits per heavy atom. The fourth-order valence-corrected chi connectivity index (χ4v) is 6.71. The van der Waals surface area contributed by atoms with Gasteiger partial charge in [0, 0.05) is 23.1 Å². The van der Waals surface area contributed by atoms with Crippen LogP contribution in [0.15, 0.2) is 114 Å². The molecule has 4 aromatic carbocycles. The number of para-hydroxylation sites is 1. The topological polar surface area (TPSA) is 66.1 Å². The maximum absolute atomic E-state index is 14.4. The number of benzene rings is 4. The molecule has 0 saturated heterocycles. The lowest BCUT2D eigenvalue weighted by atomic mass is 9.68. The number of hydrogen-bond acceptors (Lipinski definition) is 3. The summed E-state index contributed by atoms with van der Waals surface area (Å²) in [4.78, 5) is 0.132. The van der Waals surface area contributed by atoms with E-state index in [4.69, 9.17) is 0 Å². The van der Waals surface area contributed by atoms with Crippen molar-refractivity contribution in [3.05, 3.63) is 149 Å². The molecule has 1 N–H and O–H groups in total. The molecule has 0 radical (unpaired) electrons. The van der Waals surface area contributed by atoms with Crippen LogP contribution in [0.2, 0.25) is 0 Å². The van der Waals surface area contributed by atoms with Crippen LogP contribution in [0.1, 0.15) is 27.9 Å². The highest BCUT2D eigenvalue weighted by Gasteiger charge is 2.39. The zero-order valence-corrected chi connectivity index (χ0v) is 22.4. The number of aromatic nitrogens is 2. The van der Waals surface area contributed by atoms with Gasteiger partial charge in [0.25, 0.3) is 10.0 Å². The van der Waals surface area contributed by atoms with E-state index >= 15 is 0 Å². The first-order valence-electron chi connectivity index (χ1n) is 12.7. The first kappa shape index (κ1) is 25.7. The normalized spacial score (nSPS) is 14.1. The number of rotatable bonds is 6. The van der Waals surface area contributed by atoms with Crippen molar-refractivity contribution in [2.75, 3.05) is 4.31 Å². The van der Waals surface area contributed by atoms with Crippen molar-refractivity contribution in [2.24, 2.45) is 0 Å². The predicted molar refractivity (Wildman–Crippen MR) is 152 cm³/mol. The molecule has 0 fully saturated rings. The first-order chi connectivity index (χ1) is 19.3. The molecule has 6 rings (SSSR count). The Labute approximate surface area is 231 Å². The standard InChI is InChI=1S/C32H25F2N3O2S/c1-22-13-15-28(16-14-22)40(38,39)37(27-11-3-2-4-12-27)31-29-17-18-32(21-30(29)35-36-31,23-7-5-9-25(33)19-23)24-8-6-10-26(34)20-24/h2-20H,21H2,1H3,(H,35,36). The summed E-state index contributed by atoms with van der Waals surface area (Å²) in [6.07, 6.45) is 3.94. The van der Waals surface area contributed by atoms with E-state index in [0.29, 0.717) is 28.1 Å². The van der Waals surface area contributed by atoms with Crippen LogP contribution in [0.25, 0.3) is 6.08 Å². The Hall–Kier alpha value is -4.56. The number of aromatic amines is 1. The van der Waals surface area contributed by atoms with Gasteiger partial charge in [-0.1, -0.05) is 72.3 Å². The van der Waals surface area contributed by atoms with Crippen molar-refractivity contribution < 1.29 is 17.2 Å². The molecule has 1 heterocycles. The van der Waals surface area contributed by atoms with Gasteiger partial charge >= 0.3 is 0 Å². The van der Waals surface area contributed by atoms with E-state index in [0.717, 1.165) is 5.56 Å². The number of fused-ring (bicyclic) bond motifs is 1. The third-order valence-electron chi connectivity index (χ3n) is 7.27. The van der Waals surface area contributed by atoms with Crippen LogP contribution in [0.5, 0.6) is 0 Å². The van der Waals surface area contributed by atoms with Crippen molar-refractivity contribution in [2.45, 2.75) is 23.7 Å². The van der Waals surface area contributed by atoms with E-state index < -0.39 is 27.1 Å². The average molecular weight is 554 g/mol. The number of allylic oxidation sites excluding steroid dienone is 1. The van der Waals surface area contributed by atoms with Gasteiger partial charge in [-0.15, -0.1) is 0 Å². The Morgan fingerprint density at radius 1 is 0.825 bits per heavy atom. The molecule has 5 aromatic rings. The highest BCUT2D eigenvalue weighted by atomic mass is 32.2. The quantitative estimate of drug-likeness (QED) is 0.244. The Kier molecular flexibility index (Phi) is 6.35. The van der Waals surface area contributed by atoms with Gasteiger partial charge in [0.15, 0.2) is 5.82 Å². The molecule has 0 aliphatic heterocycles. The van der Waals surface area contributed by atoms with Crippen LogP contribution in [-0.2, 0) is 21.9 Å². The van der Waals surface area contributed by atoms with Gasteiger partial charge in [-0.25, -0.2) is 21.5 Å². The van der Waals surface area contributed by atoms with Crippen LogP contribution in [0.4, 0.5) is 20.3 Å². The minimum atomic E-state index is -4.05. The number of anilines is 2. The zero-order chi connectivity index (χ0) is 27.9. The highest BCUT2D eigenvalue weighted by Crippen LogP contribution is 2.45. The van der Waals surface area contributed by atoms with E-state index in [1.54, 1.807) is 78.9 Å². The number of H-pyrrole nitrogens is 1. The summed E-state index contributed by atoms with van der Waals surface area (Å²) in [6, 6.07) is 27.9. The second kappa shape index (κ2) is 9.88. The summed E-state index contributed by atoms with van der Waals surface area (Å²) >= 11 is 0. The van der Waals surface area contributed by atoms with Gasteiger partial charge < -0.3 is 0 Å². The van der Waals surface area contributed by atoms with Gasteiger partial charge in [0.2, 0.25) is 0 Å². The molecule has 0 spiro atoms. The number of sulfonamides is 1. The van der Waals surface area contributed by atoms with E-state index in [1.165, 1.54) is 28.6 Å². The fourth-order valence-electron chi connectivity index (χ4n) is 5.25. The molecule has 1 aliphatic rings. The molecule has 1 aliphatic carbocycles. The largest absolute Gasteiger partial charge is 0.280 e. The number of nitrogens with one attached hydrogen (secondary N) is 1. The van der Waals surface area contributed by atoms with E-state index in [9.17, 15) is 17.2 Å².